The van der Waals surface area contributed by atoms with Crippen LogP contribution in [0.5, 0.6) is 0 Å². The number of halogens is 2. The molecule has 0 fully saturated rings. The first kappa shape index (κ1) is 20.6. The molecule has 131 valence electrons. The fourth-order valence-electron chi connectivity index (χ4n) is 4.29. The van der Waals surface area contributed by atoms with E-state index in [0.717, 1.165) is 6.42 Å². The summed E-state index contributed by atoms with van der Waals surface area (Å²) in [6, 6.07) is 0. The predicted octanol–water partition coefficient (Wildman–Crippen LogP) is 7.20. The molecule has 1 atom stereocenters. The Bertz CT molecular complexity index is 856. The average molecular weight is 738 g/mol. The molecule has 0 nitrogen and oxygen atoms in total. The van der Waals surface area contributed by atoms with Gasteiger partial charge in [0.25, 0.3) is 0 Å². The molecule has 0 bridgehead atoms. The van der Waals surface area contributed by atoms with Crippen molar-refractivity contribution >= 4 is 49.9 Å². The van der Waals surface area contributed by atoms with Crippen LogP contribution < -0.4 is 0 Å². The van der Waals surface area contributed by atoms with Crippen LogP contribution in [0.3, 0.4) is 0 Å². The van der Waals surface area contributed by atoms with E-state index in [0.29, 0.717) is 5.92 Å². The second kappa shape index (κ2) is 8.08. The van der Waals surface area contributed by atoms with E-state index < -0.39 is 21.5 Å². The Balaban J connectivity index is 2.31. The van der Waals surface area contributed by atoms with Gasteiger partial charge in [0.15, 0.2) is 0 Å². The van der Waals surface area contributed by atoms with E-state index >= 15 is 0 Å². The van der Waals surface area contributed by atoms with Crippen LogP contribution in [0.25, 0.3) is 0 Å². The van der Waals surface area contributed by atoms with Crippen molar-refractivity contribution in [2.24, 2.45) is 5.92 Å². The Morgan fingerprint density at radius 2 is 1.80 bits per heavy atom. The molecule has 25 heavy (non-hydrogen) atoms. The molecule has 1 unspecified atom stereocenters. The van der Waals surface area contributed by atoms with E-state index in [1.807, 2.05) is 0 Å². The minimum atomic E-state index is -1.72. The zero-order valence-corrected chi connectivity index (χ0v) is 24.8. The van der Waals surface area contributed by atoms with Crippen molar-refractivity contribution in [3.05, 3.63) is 66.6 Å². The molecule has 0 amide bonds. The summed E-state index contributed by atoms with van der Waals surface area (Å²) in [4.78, 5) is 0. The van der Waals surface area contributed by atoms with Crippen LogP contribution in [-0.4, -0.2) is 13.6 Å². The first-order valence-corrected chi connectivity index (χ1v) is 33.5. The fourth-order valence-corrected chi connectivity index (χ4v) is 20.1. The maximum atomic E-state index is 2.79. The van der Waals surface area contributed by atoms with Gasteiger partial charge >= 0.3 is 183 Å². The second-order valence-corrected chi connectivity index (χ2v) is 48.2. The van der Waals surface area contributed by atoms with Gasteiger partial charge in [0.1, 0.15) is 0 Å². The van der Waals surface area contributed by atoms with Gasteiger partial charge in [-0.15, -0.1) is 0 Å². The van der Waals surface area contributed by atoms with Gasteiger partial charge in [-0.05, 0) is 0 Å². The van der Waals surface area contributed by atoms with Gasteiger partial charge in [-0.3, -0.25) is 0 Å². The van der Waals surface area contributed by atoms with Gasteiger partial charge in [-0.1, -0.05) is 0 Å². The van der Waals surface area contributed by atoms with Crippen LogP contribution >= 0.6 is 36.3 Å². The maximum absolute atomic E-state index is 2.79. The van der Waals surface area contributed by atoms with Crippen molar-refractivity contribution in [3.63, 3.8) is 0 Å². The molecule has 3 rings (SSSR count). The molecule has 0 saturated carbocycles. The molecule has 4 heteroatoms. The molecule has 0 radical (unpaired) electrons. The Morgan fingerprint density at radius 1 is 1.12 bits per heavy atom. The Kier molecular flexibility index (Phi) is 6.65. The van der Waals surface area contributed by atoms with Gasteiger partial charge in [0.2, 0.25) is 0 Å². The molecule has 0 aliphatic heterocycles. The number of allylic oxidation sites excluding steroid dienone is 12. The van der Waals surface area contributed by atoms with Crippen molar-refractivity contribution in [2.45, 2.75) is 47.2 Å². The van der Waals surface area contributed by atoms with Crippen LogP contribution in [0, 0.1) is 5.92 Å². The molecule has 0 aromatic heterocycles. The zero-order chi connectivity index (χ0) is 18.5. The van der Waals surface area contributed by atoms with E-state index in [4.69, 9.17) is 0 Å². The molecule has 0 heterocycles. The summed E-state index contributed by atoms with van der Waals surface area (Å²) < 4.78 is 1.75. The van der Waals surface area contributed by atoms with Crippen molar-refractivity contribution in [2.75, 3.05) is 0 Å². The SMILES string of the molecule is CC1=CCC(C2=C3C(=CC=CC(=[Si](C)C)C3C)[C]([Hf]([I])[I])=C2C)=C1C. The summed E-state index contributed by atoms with van der Waals surface area (Å²) in [7, 11) is -0.441. The second-order valence-electron chi connectivity index (χ2n) is 7.36. The summed E-state index contributed by atoms with van der Waals surface area (Å²) >= 11 is 3.86. The Labute approximate surface area is 180 Å². The van der Waals surface area contributed by atoms with E-state index in [1.165, 1.54) is 11.1 Å². The minimum absolute atomic E-state index is 0.441. The van der Waals surface area contributed by atoms with Gasteiger partial charge in [0.05, 0.1) is 0 Å². The van der Waals surface area contributed by atoms with Crippen LogP contribution in [0.15, 0.2) is 66.6 Å². The van der Waals surface area contributed by atoms with Crippen molar-refractivity contribution in [1.29, 1.82) is 0 Å². The number of rotatable bonds is 2. The van der Waals surface area contributed by atoms with E-state index in [9.17, 15) is 0 Å². The van der Waals surface area contributed by atoms with E-state index in [1.54, 1.807) is 36.4 Å². The van der Waals surface area contributed by atoms with Gasteiger partial charge < -0.3 is 0 Å². The fraction of sp³-hybridized carbons (Fsp3) is 0.381. The number of hydrogen-bond donors (Lipinski definition) is 0. The molecule has 3 aliphatic rings. The number of fused-ring (bicyclic) bond motifs is 1. The third kappa shape index (κ3) is 3.62. The molecule has 0 aromatic carbocycles. The molecular weight excluding hydrogens is 713 g/mol. The first-order valence-electron chi connectivity index (χ1n) is 8.83. The first-order chi connectivity index (χ1) is 11.8. The monoisotopic (exact) mass is 739 g/mol. The summed E-state index contributed by atoms with van der Waals surface area (Å²) in [5, 5.41) is 1.67. The molecule has 0 saturated heterocycles. The van der Waals surface area contributed by atoms with Crippen LogP contribution in [-0.2, 0) is 13.1 Å². The zero-order valence-electron chi connectivity index (χ0n) is 15.8. The predicted molar refractivity (Wildman–Crippen MR) is 128 cm³/mol. The van der Waals surface area contributed by atoms with E-state index in [2.05, 4.69) is 101 Å². The van der Waals surface area contributed by atoms with Crippen molar-refractivity contribution in [3.8, 4) is 0 Å². The average Bonchev–Trinajstić information content (AvgIpc) is 2.93. The normalized spacial score (nSPS) is 23.2. The van der Waals surface area contributed by atoms with Gasteiger partial charge in [0, 0.05) is 0 Å². The Hall–Kier alpha value is 0.857. The van der Waals surface area contributed by atoms with Crippen molar-refractivity contribution in [1.82, 2.24) is 0 Å². The summed E-state index contributed by atoms with van der Waals surface area (Å²) in [6.07, 6.45) is 10.7. The van der Waals surface area contributed by atoms with Crippen LogP contribution in [0.4, 0.5) is 0 Å². The van der Waals surface area contributed by atoms with Gasteiger partial charge in [-0.2, -0.15) is 0 Å². The summed E-state index contributed by atoms with van der Waals surface area (Å²) in [5.74, 6) is 0.552. The van der Waals surface area contributed by atoms with Gasteiger partial charge in [-0.25, -0.2) is 0 Å². The molecule has 3 aliphatic carbocycles. The molecule has 0 N–H and O–H groups in total. The quantitative estimate of drug-likeness (QED) is 0.208. The Morgan fingerprint density at radius 3 is 2.32 bits per heavy atom. The van der Waals surface area contributed by atoms with Crippen molar-refractivity contribution < 1.29 is 13.1 Å². The number of hydrogen-bond acceptors (Lipinski definition) is 0. The molecule has 0 spiro atoms. The standard InChI is InChI=1S/C21H25Si.Hf.2HI/c1-13-10-11-18(15(13)3)20-14(2)12-17-8-7-9-19(22(5)6)16(4)21(17)20;;;/h7-10,16H,11H2,1-6H3;;2*1H/q;+2;;/p-2. The molecule has 0 aromatic rings. The molecular formula is C21H25HfI2Si. The topological polar surface area (TPSA) is 0 Å². The third-order valence-electron chi connectivity index (χ3n) is 5.74. The summed E-state index contributed by atoms with van der Waals surface area (Å²) in [6.45, 7) is 14.3. The third-order valence-corrected chi connectivity index (χ3v) is 20.0. The summed E-state index contributed by atoms with van der Waals surface area (Å²) in [5.41, 5.74) is 11.0. The van der Waals surface area contributed by atoms with Crippen LogP contribution in [0.1, 0.15) is 34.1 Å². The van der Waals surface area contributed by atoms with Crippen LogP contribution in [0.2, 0.25) is 13.1 Å². The van der Waals surface area contributed by atoms with E-state index in [-0.39, 0.29) is 0 Å².